The van der Waals surface area contributed by atoms with Crippen LogP contribution < -0.4 is 5.32 Å². The maximum atomic E-state index is 12.7. The maximum Gasteiger partial charge on any atom is 0.407 e. The van der Waals surface area contributed by atoms with Gasteiger partial charge in [0.15, 0.2) is 0 Å². The molecule has 1 saturated heterocycles. The second-order valence-corrected chi connectivity index (χ2v) is 9.73. The molecular weight excluding hydrogens is 444 g/mol. The summed E-state index contributed by atoms with van der Waals surface area (Å²) in [5.74, 6) is -1.23. The molecule has 0 radical (unpaired) electrons. The van der Waals surface area contributed by atoms with Crippen molar-refractivity contribution >= 4 is 18.0 Å². The van der Waals surface area contributed by atoms with Crippen molar-refractivity contribution in [1.82, 2.24) is 10.2 Å². The molecule has 1 aliphatic heterocycles. The number of nitrogens with zero attached hydrogens (tertiary/aromatic N) is 1. The van der Waals surface area contributed by atoms with Gasteiger partial charge in [0.2, 0.25) is 5.91 Å². The SMILES string of the molecule is CC(CCCC(C)C(=O)N1CCC[C@@H]1C(=O)O)NC(=O)OCC1c2ccccc2-c2ccccc21. The number of alkyl carbamates (subject to hydrolysis) is 1. The number of fused-ring (bicyclic) bond motifs is 3. The highest BCUT2D eigenvalue weighted by Gasteiger charge is 2.35. The zero-order valence-electron chi connectivity index (χ0n) is 20.4. The van der Waals surface area contributed by atoms with Crippen LogP contribution >= 0.6 is 0 Å². The van der Waals surface area contributed by atoms with Crippen molar-refractivity contribution < 1.29 is 24.2 Å². The van der Waals surface area contributed by atoms with Gasteiger partial charge in [-0.2, -0.15) is 0 Å². The minimum atomic E-state index is -0.927. The number of carboxylic acids is 1. The largest absolute Gasteiger partial charge is 0.480 e. The van der Waals surface area contributed by atoms with Crippen LogP contribution in [0.5, 0.6) is 0 Å². The first-order valence-corrected chi connectivity index (χ1v) is 12.5. The Kier molecular flexibility index (Phi) is 7.73. The lowest BCUT2D eigenvalue weighted by molar-refractivity contribution is -0.149. The van der Waals surface area contributed by atoms with E-state index in [-0.39, 0.29) is 30.4 Å². The Morgan fingerprint density at radius 3 is 2.29 bits per heavy atom. The molecule has 7 nitrogen and oxygen atoms in total. The van der Waals surface area contributed by atoms with E-state index in [4.69, 9.17) is 4.74 Å². The lowest BCUT2D eigenvalue weighted by Crippen LogP contribution is -2.43. The van der Waals surface area contributed by atoms with Gasteiger partial charge in [0.05, 0.1) is 0 Å². The maximum absolute atomic E-state index is 12.7. The number of nitrogens with one attached hydrogen (secondary N) is 1. The highest BCUT2D eigenvalue weighted by atomic mass is 16.5. The standard InChI is InChI=1S/C28H34N2O5/c1-18(26(31)30-16-8-15-25(30)27(32)33)9-7-10-19(2)29-28(34)35-17-24-22-13-5-3-11-20(22)21-12-4-6-14-23(21)24/h3-6,11-14,18-19,24-25H,7-10,15-17H2,1-2H3,(H,29,34)(H,32,33)/t18?,19?,25-/m1/s1. The van der Waals surface area contributed by atoms with E-state index < -0.39 is 18.1 Å². The fourth-order valence-corrected chi connectivity index (χ4v) is 5.34. The summed E-state index contributed by atoms with van der Waals surface area (Å²) in [6, 6.07) is 15.7. The van der Waals surface area contributed by atoms with Crippen molar-refractivity contribution in [2.24, 2.45) is 5.92 Å². The molecule has 0 spiro atoms. The lowest BCUT2D eigenvalue weighted by Gasteiger charge is -2.25. The van der Waals surface area contributed by atoms with Crippen LogP contribution in [-0.4, -0.2) is 53.2 Å². The average Bonchev–Trinajstić information content (AvgIpc) is 3.46. The molecule has 1 fully saturated rings. The topological polar surface area (TPSA) is 95.9 Å². The van der Waals surface area contributed by atoms with E-state index in [2.05, 4.69) is 29.6 Å². The van der Waals surface area contributed by atoms with E-state index in [1.165, 1.54) is 27.2 Å². The Bertz CT molecular complexity index is 1040. The van der Waals surface area contributed by atoms with Crippen LogP contribution in [0, 0.1) is 5.92 Å². The molecule has 186 valence electrons. The molecule has 1 heterocycles. The normalized spacial score (nSPS) is 18.5. The van der Waals surface area contributed by atoms with Crippen LogP contribution in [0.2, 0.25) is 0 Å². The Morgan fingerprint density at radius 1 is 1.03 bits per heavy atom. The molecule has 0 aromatic heterocycles. The first-order chi connectivity index (χ1) is 16.9. The number of hydrogen-bond acceptors (Lipinski definition) is 4. The van der Waals surface area contributed by atoms with E-state index >= 15 is 0 Å². The van der Waals surface area contributed by atoms with Gasteiger partial charge in [-0.25, -0.2) is 9.59 Å². The number of hydrogen-bond donors (Lipinski definition) is 2. The number of carbonyl (C=O) groups is 3. The van der Waals surface area contributed by atoms with Gasteiger partial charge in [-0.15, -0.1) is 0 Å². The molecule has 4 rings (SSSR count). The number of carboxylic acid groups (broad SMARTS) is 1. The minimum absolute atomic E-state index is 0.0236. The molecule has 2 N–H and O–H groups in total. The number of ether oxygens (including phenoxy) is 1. The van der Waals surface area contributed by atoms with Crippen molar-refractivity contribution in [3.8, 4) is 11.1 Å². The van der Waals surface area contributed by atoms with Crippen molar-refractivity contribution in [3.05, 3.63) is 59.7 Å². The van der Waals surface area contributed by atoms with Crippen molar-refractivity contribution in [2.75, 3.05) is 13.2 Å². The highest BCUT2D eigenvalue weighted by Crippen LogP contribution is 2.44. The van der Waals surface area contributed by atoms with Gasteiger partial charge in [0, 0.05) is 24.4 Å². The molecule has 2 aromatic rings. The summed E-state index contributed by atoms with van der Waals surface area (Å²) in [5.41, 5.74) is 4.74. The summed E-state index contributed by atoms with van der Waals surface area (Å²) in [6.07, 6.45) is 2.93. The third-order valence-electron chi connectivity index (χ3n) is 7.22. The van der Waals surface area contributed by atoms with Crippen LogP contribution in [0.1, 0.15) is 63.0 Å². The summed E-state index contributed by atoms with van der Waals surface area (Å²) in [4.78, 5) is 38.0. The second-order valence-electron chi connectivity index (χ2n) is 9.73. The number of benzene rings is 2. The number of carbonyl (C=O) groups excluding carboxylic acids is 2. The average molecular weight is 479 g/mol. The number of aliphatic carboxylic acids is 1. The lowest BCUT2D eigenvalue weighted by atomic mass is 9.98. The van der Waals surface area contributed by atoms with Gasteiger partial charge in [-0.3, -0.25) is 4.79 Å². The Morgan fingerprint density at radius 2 is 1.66 bits per heavy atom. The molecule has 2 aromatic carbocycles. The van der Waals surface area contributed by atoms with Crippen molar-refractivity contribution in [3.63, 3.8) is 0 Å². The Labute approximate surface area is 206 Å². The first kappa shape index (κ1) is 24.8. The highest BCUT2D eigenvalue weighted by molar-refractivity contribution is 5.85. The van der Waals surface area contributed by atoms with Crippen LogP contribution in [0.15, 0.2) is 48.5 Å². The molecular formula is C28H34N2O5. The minimum Gasteiger partial charge on any atom is -0.480 e. The Balaban J connectivity index is 1.21. The number of rotatable bonds is 9. The molecule has 0 saturated carbocycles. The fourth-order valence-electron chi connectivity index (χ4n) is 5.34. The molecule has 0 bridgehead atoms. The molecule has 35 heavy (non-hydrogen) atoms. The van der Waals surface area contributed by atoms with Gasteiger partial charge in [-0.1, -0.05) is 61.9 Å². The monoisotopic (exact) mass is 478 g/mol. The fraction of sp³-hybridized carbons (Fsp3) is 0.464. The van der Waals surface area contributed by atoms with E-state index in [9.17, 15) is 19.5 Å². The molecule has 3 atom stereocenters. The number of amides is 2. The quantitative estimate of drug-likeness (QED) is 0.540. The zero-order chi connectivity index (χ0) is 24.9. The molecule has 2 aliphatic rings. The van der Waals surface area contributed by atoms with E-state index in [0.717, 1.165) is 12.8 Å². The predicted octanol–water partition coefficient (Wildman–Crippen LogP) is 4.80. The third-order valence-corrected chi connectivity index (χ3v) is 7.22. The van der Waals surface area contributed by atoms with Crippen molar-refractivity contribution in [2.45, 2.75) is 64.0 Å². The van der Waals surface area contributed by atoms with Gasteiger partial charge in [-0.05, 0) is 54.9 Å². The molecule has 7 heteroatoms. The third kappa shape index (κ3) is 5.50. The first-order valence-electron chi connectivity index (χ1n) is 12.5. The van der Waals surface area contributed by atoms with Gasteiger partial charge in [0.25, 0.3) is 0 Å². The smallest absolute Gasteiger partial charge is 0.407 e. The van der Waals surface area contributed by atoms with Crippen LogP contribution in [-0.2, 0) is 14.3 Å². The molecule has 1 aliphatic carbocycles. The number of likely N-dealkylation sites (tertiary alicyclic amines) is 1. The zero-order valence-corrected chi connectivity index (χ0v) is 20.4. The van der Waals surface area contributed by atoms with E-state index in [0.29, 0.717) is 25.8 Å². The van der Waals surface area contributed by atoms with Crippen LogP contribution in [0.3, 0.4) is 0 Å². The van der Waals surface area contributed by atoms with E-state index in [1.807, 2.05) is 38.1 Å². The van der Waals surface area contributed by atoms with Gasteiger partial charge >= 0.3 is 12.1 Å². The van der Waals surface area contributed by atoms with Gasteiger partial charge in [0.1, 0.15) is 12.6 Å². The summed E-state index contributed by atoms with van der Waals surface area (Å²) < 4.78 is 5.61. The summed E-state index contributed by atoms with van der Waals surface area (Å²) in [5, 5.41) is 12.2. The second kappa shape index (κ2) is 10.9. The summed E-state index contributed by atoms with van der Waals surface area (Å²) in [6.45, 7) is 4.57. The summed E-state index contributed by atoms with van der Waals surface area (Å²) in [7, 11) is 0. The van der Waals surface area contributed by atoms with Crippen molar-refractivity contribution in [1.29, 1.82) is 0 Å². The van der Waals surface area contributed by atoms with Crippen LogP contribution in [0.4, 0.5) is 4.79 Å². The summed E-state index contributed by atoms with van der Waals surface area (Å²) >= 11 is 0. The van der Waals surface area contributed by atoms with Gasteiger partial charge < -0.3 is 20.1 Å². The molecule has 2 amide bonds. The van der Waals surface area contributed by atoms with E-state index in [1.54, 1.807) is 0 Å². The Hall–Kier alpha value is -3.35. The predicted molar refractivity (Wildman–Crippen MR) is 133 cm³/mol. The van der Waals surface area contributed by atoms with Crippen LogP contribution in [0.25, 0.3) is 11.1 Å². The molecule has 2 unspecified atom stereocenters.